The van der Waals surface area contributed by atoms with Gasteiger partial charge in [-0.1, -0.05) is 104 Å². The molecule has 0 fully saturated rings. The molecule has 0 aliphatic heterocycles. The van der Waals surface area contributed by atoms with Crippen LogP contribution >= 0.6 is 0 Å². The minimum atomic E-state index is -0.652. The van der Waals surface area contributed by atoms with Crippen LogP contribution in [0.1, 0.15) is 123 Å². The van der Waals surface area contributed by atoms with Crippen molar-refractivity contribution in [1.82, 2.24) is 0 Å². The van der Waals surface area contributed by atoms with E-state index >= 15 is 0 Å². The van der Waals surface area contributed by atoms with Crippen LogP contribution in [0.5, 0.6) is 0 Å². The Hall–Kier alpha value is -1.24. The van der Waals surface area contributed by atoms with E-state index in [1.807, 2.05) is 62.3 Å². The van der Waals surface area contributed by atoms with E-state index < -0.39 is 32.5 Å². The molecule has 0 aliphatic carbocycles. The normalized spacial score (nSPS) is 12.4. The molecule has 230 valence electrons. The van der Waals surface area contributed by atoms with Crippen molar-refractivity contribution >= 4 is 34.7 Å². The maximum atomic E-state index is 11.5. The summed E-state index contributed by atoms with van der Waals surface area (Å²) in [7, 11) is 0. The van der Waals surface area contributed by atoms with Gasteiger partial charge in [0.2, 0.25) is 0 Å². The number of Topliss-reactive ketones (excluding diaryl/α,β-unsaturated/α-hetero) is 6. The first-order chi connectivity index (χ1) is 16.6. The maximum Gasteiger partial charge on any atom is 3.00 e. The van der Waals surface area contributed by atoms with Crippen LogP contribution in [-0.4, -0.2) is 34.7 Å². The summed E-state index contributed by atoms with van der Waals surface area (Å²) in [5, 5.41) is 0. The van der Waals surface area contributed by atoms with Gasteiger partial charge >= 0.3 is 22.4 Å². The van der Waals surface area contributed by atoms with Crippen molar-refractivity contribution in [2.45, 2.75) is 123 Å². The fraction of sp³-hybridized carbons (Fsp3) is 0.727. The molecule has 0 bridgehead atoms. The molecule has 40 heavy (non-hydrogen) atoms. The predicted molar refractivity (Wildman–Crippen MR) is 160 cm³/mol. The Morgan fingerprint density at radius 2 is 0.475 bits per heavy atom. The molecule has 0 aromatic carbocycles. The Bertz CT molecular complexity index is 693. The third kappa shape index (κ3) is 21.5. The molecule has 0 radical (unpaired) electrons. The van der Waals surface area contributed by atoms with Crippen LogP contribution in [0.4, 0.5) is 0 Å². The zero-order valence-electron chi connectivity index (χ0n) is 28.1. The summed E-state index contributed by atoms with van der Waals surface area (Å²) < 4.78 is 0. The quantitative estimate of drug-likeness (QED) is 0.149. The van der Waals surface area contributed by atoms with Crippen LogP contribution in [0.25, 0.3) is 0 Å². The number of rotatable bonds is 9. The van der Waals surface area contributed by atoms with E-state index in [1.165, 1.54) is 0 Å². The maximum absolute atomic E-state index is 11.5. The molecule has 0 aromatic rings. The molecule has 0 heterocycles. The molecule has 6 nitrogen and oxygen atoms in total. The first kappa shape index (κ1) is 45.7. The number of hydrogen-bond acceptors (Lipinski definition) is 6. The molecule has 0 aliphatic rings. The second kappa shape index (κ2) is 16.4. The van der Waals surface area contributed by atoms with Gasteiger partial charge in [-0.2, -0.15) is 0 Å². The van der Waals surface area contributed by atoms with Crippen molar-refractivity contribution in [2.24, 2.45) is 32.5 Å². The van der Waals surface area contributed by atoms with E-state index in [0.717, 1.165) is 0 Å². The summed E-state index contributed by atoms with van der Waals surface area (Å²) in [6.45, 7) is 37.8. The summed E-state index contributed by atoms with van der Waals surface area (Å²) in [6, 6.07) is 0. The van der Waals surface area contributed by atoms with E-state index in [1.54, 1.807) is 41.5 Å². The average Bonchev–Trinajstić information content (AvgIpc) is 2.64. The number of carbonyl (C=O) groups is 6. The molecule has 0 amide bonds. The van der Waals surface area contributed by atoms with Crippen molar-refractivity contribution in [3.8, 4) is 0 Å². The van der Waals surface area contributed by atoms with Gasteiger partial charge in [0.25, 0.3) is 0 Å². The minimum Gasteiger partial charge on any atom is -0.331 e. The Kier molecular flexibility index (Phi) is 18.8. The fourth-order valence-electron chi connectivity index (χ4n) is 1.95. The van der Waals surface area contributed by atoms with Crippen LogP contribution in [0, 0.1) is 53.3 Å². The molecular formula is C33H57NbO6. The summed E-state index contributed by atoms with van der Waals surface area (Å²) in [5.74, 6) is -0.329. The molecular weight excluding hydrogens is 585 g/mol. The van der Waals surface area contributed by atoms with Gasteiger partial charge in [-0.3, -0.25) is 14.4 Å². The zero-order valence-corrected chi connectivity index (χ0v) is 30.3. The van der Waals surface area contributed by atoms with Crippen LogP contribution in [0.2, 0.25) is 0 Å². The summed E-state index contributed by atoms with van der Waals surface area (Å²) in [6.07, 6.45) is -0.000000000000000666. The largest absolute Gasteiger partial charge is 3.00 e. The van der Waals surface area contributed by atoms with E-state index in [9.17, 15) is 28.8 Å². The summed E-state index contributed by atoms with van der Waals surface area (Å²) in [5.41, 5.74) is -3.24. The van der Waals surface area contributed by atoms with Gasteiger partial charge < -0.3 is 35.2 Å². The first-order valence-corrected chi connectivity index (χ1v) is 13.4. The standard InChI is InChI=1S/3C11H19O2.Nb/c3*1-10(2,3)8(12)7-9(13)11(4,5)6;/h3*1,7H2,2-6H3;/q3*-1;+3. The number of ketones is 6. The predicted octanol–water partition coefficient (Wildman–Crippen LogP) is 7.26. The van der Waals surface area contributed by atoms with Gasteiger partial charge in [-0.15, -0.1) is 16.2 Å². The molecule has 0 saturated carbocycles. The van der Waals surface area contributed by atoms with Crippen molar-refractivity contribution in [3.63, 3.8) is 0 Å². The topological polar surface area (TPSA) is 102 Å². The molecule has 0 rings (SSSR count). The zero-order chi connectivity index (χ0) is 32.6. The van der Waals surface area contributed by atoms with E-state index in [4.69, 9.17) is 0 Å². The van der Waals surface area contributed by atoms with Gasteiger partial charge in [0.1, 0.15) is 34.7 Å². The summed E-state index contributed by atoms with van der Waals surface area (Å²) in [4.78, 5) is 68.7. The van der Waals surface area contributed by atoms with Crippen LogP contribution in [0.3, 0.4) is 0 Å². The smallest absolute Gasteiger partial charge is 0.331 e. The van der Waals surface area contributed by atoms with Crippen molar-refractivity contribution in [2.75, 3.05) is 0 Å². The second-order valence-corrected chi connectivity index (χ2v) is 15.5. The first-order valence-electron chi connectivity index (χ1n) is 13.4. The van der Waals surface area contributed by atoms with Gasteiger partial charge in [0.15, 0.2) is 0 Å². The molecule has 0 aromatic heterocycles. The third-order valence-corrected chi connectivity index (χ3v) is 5.74. The molecule has 0 saturated heterocycles. The molecule has 7 heteroatoms. The van der Waals surface area contributed by atoms with Crippen LogP contribution in [0.15, 0.2) is 0 Å². The molecule has 0 N–H and O–H groups in total. The molecule has 0 atom stereocenters. The van der Waals surface area contributed by atoms with Gasteiger partial charge in [-0.05, 0) is 0 Å². The van der Waals surface area contributed by atoms with E-state index in [2.05, 4.69) is 20.8 Å². The van der Waals surface area contributed by atoms with Crippen molar-refractivity contribution in [1.29, 1.82) is 0 Å². The SMILES string of the molecule is [CH2-]C(C)(C)C(=O)CC(=O)C(C)(C)C.[CH2-]C(C)(C)C(=O)CC(=O)C(C)(C)C.[CH2-]C(C)(C)C(=O)CC(=O)C(C)(C)C.[Nb+3]. The molecule has 0 unspecified atom stereocenters. The fourth-order valence-corrected chi connectivity index (χ4v) is 1.95. The van der Waals surface area contributed by atoms with E-state index in [0.29, 0.717) is 0 Å². The summed E-state index contributed by atoms with van der Waals surface area (Å²) >= 11 is 0. The number of hydrogen-bond donors (Lipinski definition) is 0. The Morgan fingerprint density at radius 3 is 0.550 bits per heavy atom. The second-order valence-electron chi connectivity index (χ2n) is 15.5. The minimum absolute atomic E-state index is 0. The number of carbonyl (C=O) groups excluding carboxylic acids is 6. The van der Waals surface area contributed by atoms with Crippen molar-refractivity contribution < 1.29 is 51.1 Å². The van der Waals surface area contributed by atoms with E-state index in [-0.39, 0.29) is 76.3 Å². The van der Waals surface area contributed by atoms with Crippen LogP contribution in [-0.2, 0) is 51.1 Å². The average molecular weight is 643 g/mol. The molecule has 0 spiro atoms. The van der Waals surface area contributed by atoms with Gasteiger partial charge in [-0.25, -0.2) is 0 Å². The Balaban J connectivity index is -0.000000240. The van der Waals surface area contributed by atoms with Gasteiger partial charge in [0, 0.05) is 16.2 Å². The Morgan fingerprint density at radius 1 is 0.350 bits per heavy atom. The third-order valence-electron chi connectivity index (χ3n) is 5.74. The Labute approximate surface area is 261 Å². The van der Waals surface area contributed by atoms with Crippen LogP contribution < -0.4 is 0 Å². The van der Waals surface area contributed by atoms with Crippen molar-refractivity contribution in [3.05, 3.63) is 20.8 Å². The monoisotopic (exact) mass is 642 g/mol. The van der Waals surface area contributed by atoms with Gasteiger partial charge in [0.05, 0.1) is 19.3 Å².